The minimum absolute atomic E-state index is 0.128. The Kier molecular flexibility index (Phi) is 12.2. The van der Waals surface area contributed by atoms with E-state index in [2.05, 4.69) is 36.9 Å². The number of nitrogens with two attached hydrogens (primary N) is 1. The summed E-state index contributed by atoms with van der Waals surface area (Å²) in [6, 6.07) is 6.53. The number of guanidine groups is 1. The number of hydrogen-bond donors (Lipinski definition) is 6. The van der Waals surface area contributed by atoms with Crippen molar-refractivity contribution in [3.63, 3.8) is 0 Å². The Labute approximate surface area is 192 Å². The van der Waals surface area contributed by atoms with E-state index >= 15 is 0 Å². The van der Waals surface area contributed by atoms with Crippen LogP contribution in [0.15, 0.2) is 33.7 Å². The lowest BCUT2D eigenvalue weighted by Crippen LogP contribution is -2.54. The van der Waals surface area contributed by atoms with Crippen molar-refractivity contribution in [2.45, 2.75) is 51.5 Å². The first-order valence-corrected chi connectivity index (χ1v) is 11.1. The van der Waals surface area contributed by atoms with Gasteiger partial charge in [-0.2, -0.15) is 0 Å². The van der Waals surface area contributed by atoms with E-state index in [0.29, 0.717) is 31.8 Å². The number of nitrogens with zero attached hydrogens (tertiary/aromatic N) is 1. The molecule has 0 aromatic heterocycles. The van der Waals surface area contributed by atoms with Gasteiger partial charge in [0.15, 0.2) is 5.96 Å². The summed E-state index contributed by atoms with van der Waals surface area (Å²) < 4.78 is 0.912. The Bertz CT molecular complexity index is 731. The third kappa shape index (κ3) is 11.2. The van der Waals surface area contributed by atoms with Gasteiger partial charge in [0.05, 0.1) is 12.4 Å². The van der Waals surface area contributed by atoms with Crippen LogP contribution < -0.4 is 21.7 Å². The summed E-state index contributed by atoms with van der Waals surface area (Å²) in [4.78, 5) is 29.2. The van der Waals surface area contributed by atoms with E-state index in [4.69, 9.17) is 5.73 Å². The molecule has 9 nitrogen and oxygen atoms in total. The van der Waals surface area contributed by atoms with E-state index in [1.165, 1.54) is 0 Å². The van der Waals surface area contributed by atoms with Crippen molar-refractivity contribution in [2.75, 3.05) is 13.6 Å². The quantitative estimate of drug-likeness (QED) is 0.106. The van der Waals surface area contributed by atoms with Crippen LogP contribution in [0.3, 0.4) is 0 Å². The van der Waals surface area contributed by atoms with Gasteiger partial charge in [0.1, 0.15) is 6.04 Å². The maximum absolute atomic E-state index is 12.8. The summed E-state index contributed by atoms with van der Waals surface area (Å²) in [5, 5.41) is 27.5. The molecule has 0 saturated carbocycles. The van der Waals surface area contributed by atoms with Gasteiger partial charge in [-0.25, -0.2) is 0 Å². The number of benzene rings is 1. The molecule has 0 bridgehead atoms. The van der Waals surface area contributed by atoms with E-state index in [-0.39, 0.29) is 18.2 Å². The molecule has 0 unspecified atom stereocenters. The van der Waals surface area contributed by atoms with Crippen molar-refractivity contribution in [1.29, 1.82) is 0 Å². The average molecular weight is 498 g/mol. The van der Waals surface area contributed by atoms with Gasteiger partial charge < -0.3 is 31.7 Å². The normalized spacial score (nSPS) is 13.5. The lowest BCUT2D eigenvalue weighted by Gasteiger charge is -2.24. The summed E-state index contributed by atoms with van der Waals surface area (Å²) in [7, 11) is -0.122. The van der Waals surface area contributed by atoms with Crippen molar-refractivity contribution < 1.29 is 19.6 Å². The molecule has 0 aliphatic heterocycles. The molecule has 0 saturated heterocycles. The molecular formula is C20H33BBrN5O4. The fourth-order valence-corrected chi connectivity index (χ4v) is 3.21. The van der Waals surface area contributed by atoms with Crippen LogP contribution in [0, 0.1) is 5.92 Å². The maximum atomic E-state index is 12.8. The highest BCUT2D eigenvalue weighted by atomic mass is 79.9. The zero-order chi connectivity index (χ0) is 23.4. The van der Waals surface area contributed by atoms with Crippen LogP contribution in [0.4, 0.5) is 0 Å². The molecule has 0 radical (unpaired) electrons. The van der Waals surface area contributed by atoms with Crippen molar-refractivity contribution in [1.82, 2.24) is 16.0 Å². The number of carbonyl (C=O) groups is 2. The Morgan fingerprint density at radius 2 is 1.84 bits per heavy atom. The second-order valence-electron chi connectivity index (χ2n) is 7.76. The molecule has 0 aliphatic carbocycles. The SMILES string of the molecule is CN=C(N)NCCC[C@H](NC(=O)Cc1ccc(Br)cc1)C(=O)N[C@@H](CC(C)C)B(O)O. The topological polar surface area (TPSA) is 149 Å². The average Bonchev–Trinajstić information content (AvgIpc) is 2.70. The van der Waals surface area contributed by atoms with Crippen molar-refractivity contribution in [3.05, 3.63) is 34.3 Å². The molecule has 2 atom stereocenters. The smallest absolute Gasteiger partial charge is 0.426 e. The summed E-state index contributed by atoms with van der Waals surface area (Å²) in [6.07, 6.45) is 1.41. The molecule has 0 heterocycles. The Hall–Kier alpha value is -2.11. The number of aliphatic imine (C=N–C) groups is 1. The fraction of sp³-hybridized carbons (Fsp3) is 0.550. The lowest BCUT2D eigenvalue weighted by molar-refractivity contribution is -0.129. The van der Waals surface area contributed by atoms with Gasteiger partial charge in [0.25, 0.3) is 0 Å². The largest absolute Gasteiger partial charge is 0.475 e. The van der Waals surface area contributed by atoms with Gasteiger partial charge in [-0.05, 0) is 42.9 Å². The van der Waals surface area contributed by atoms with Crippen LogP contribution in [-0.2, 0) is 16.0 Å². The van der Waals surface area contributed by atoms with Gasteiger partial charge in [-0.15, -0.1) is 0 Å². The van der Waals surface area contributed by atoms with E-state index in [1.807, 2.05) is 38.1 Å². The molecule has 1 rings (SSSR count). The van der Waals surface area contributed by atoms with Gasteiger partial charge in [0.2, 0.25) is 11.8 Å². The van der Waals surface area contributed by atoms with Crippen LogP contribution in [0.1, 0.15) is 38.7 Å². The monoisotopic (exact) mass is 497 g/mol. The summed E-state index contributed by atoms with van der Waals surface area (Å²) >= 11 is 3.36. The molecule has 0 spiro atoms. The zero-order valence-electron chi connectivity index (χ0n) is 18.3. The second kappa shape index (κ2) is 14.1. The number of hydrogen-bond acceptors (Lipinski definition) is 5. The molecular weight excluding hydrogens is 465 g/mol. The van der Waals surface area contributed by atoms with Gasteiger partial charge >= 0.3 is 7.12 Å². The van der Waals surface area contributed by atoms with Crippen LogP contribution in [0.5, 0.6) is 0 Å². The van der Waals surface area contributed by atoms with Crippen LogP contribution in [0.25, 0.3) is 0 Å². The van der Waals surface area contributed by atoms with Gasteiger partial charge in [-0.3, -0.25) is 14.6 Å². The van der Waals surface area contributed by atoms with Crippen LogP contribution in [-0.4, -0.2) is 60.5 Å². The molecule has 0 aliphatic rings. The minimum atomic E-state index is -1.69. The van der Waals surface area contributed by atoms with Crippen molar-refractivity contribution in [3.8, 4) is 0 Å². The Morgan fingerprint density at radius 3 is 2.39 bits per heavy atom. The number of nitrogens with one attached hydrogen (secondary N) is 3. The predicted octanol–water partition coefficient (Wildman–Crippen LogP) is 0.334. The first-order chi connectivity index (χ1) is 14.6. The van der Waals surface area contributed by atoms with E-state index in [1.54, 1.807) is 7.05 Å². The number of carbonyl (C=O) groups excluding carboxylic acids is 2. The predicted molar refractivity (Wildman–Crippen MR) is 126 cm³/mol. The third-order valence-electron chi connectivity index (χ3n) is 4.56. The molecule has 31 heavy (non-hydrogen) atoms. The second-order valence-corrected chi connectivity index (χ2v) is 8.68. The van der Waals surface area contributed by atoms with Crippen molar-refractivity contribution in [2.24, 2.45) is 16.6 Å². The molecule has 2 amide bonds. The highest BCUT2D eigenvalue weighted by molar-refractivity contribution is 9.10. The van der Waals surface area contributed by atoms with E-state index in [0.717, 1.165) is 10.0 Å². The Balaban J connectivity index is 2.79. The summed E-state index contributed by atoms with van der Waals surface area (Å²) in [6.45, 7) is 4.32. The van der Waals surface area contributed by atoms with Crippen LogP contribution in [0.2, 0.25) is 0 Å². The first kappa shape index (κ1) is 26.9. The number of halogens is 1. The number of rotatable bonds is 12. The Morgan fingerprint density at radius 1 is 1.19 bits per heavy atom. The highest BCUT2D eigenvalue weighted by Crippen LogP contribution is 2.11. The highest BCUT2D eigenvalue weighted by Gasteiger charge is 2.29. The molecule has 1 aromatic rings. The molecule has 11 heteroatoms. The maximum Gasteiger partial charge on any atom is 0.475 e. The third-order valence-corrected chi connectivity index (χ3v) is 5.09. The first-order valence-electron chi connectivity index (χ1n) is 10.3. The fourth-order valence-electron chi connectivity index (χ4n) is 2.95. The molecule has 0 fully saturated rings. The van der Waals surface area contributed by atoms with E-state index < -0.39 is 25.0 Å². The standard InChI is InChI=1S/C20H33BBrN5O4/c1-13(2)11-17(21(30)31)27-19(29)16(5-4-10-25-20(23)24-3)26-18(28)12-14-6-8-15(22)9-7-14/h6-9,13,16-17,30-31H,4-5,10-12H2,1-3H3,(H,26,28)(H,27,29)(H3,23,24,25)/t16-,17-/m0/s1. The molecule has 7 N–H and O–H groups in total. The lowest BCUT2D eigenvalue weighted by atomic mass is 9.75. The minimum Gasteiger partial charge on any atom is -0.426 e. The molecule has 1 aromatic carbocycles. The molecule has 172 valence electrons. The zero-order valence-corrected chi connectivity index (χ0v) is 19.9. The van der Waals surface area contributed by atoms with Crippen molar-refractivity contribution >= 4 is 40.8 Å². The summed E-state index contributed by atoms with van der Waals surface area (Å²) in [5.74, 6) is -1.13. The van der Waals surface area contributed by atoms with Gasteiger partial charge in [0, 0.05) is 18.1 Å². The van der Waals surface area contributed by atoms with Gasteiger partial charge in [-0.1, -0.05) is 41.9 Å². The van der Waals surface area contributed by atoms with Crippen LogP contribution >= 0.6 is 15.9 Å². The number of amides is 2. The van der Waals surface area contributed by atoms with E-state index in [9.17, 15) is 19.6 Å². The summed E-state index contributed by atoms with van der Waals surface area (Å²) in [5.41, 5.74) is 6.42.